The zero-order valence-electron chi connectivity index (χ0n) is 13.4. The normalized spacial score (nSPS) is 26.3. The minimum Gasteiger partial charge on any atom is -0.353 e. The molecule has 3 atom stereocenters. The van der Waals surface area contributed by atoms with E-state index < -0.39 is 0 Å². The van der Waals surface area contributed by atoms with Crippen molar-refractivity contribution in [1.82, 2.24) is 5.32 Å². The number of hydrogen-bond donors (Lipinski definition) is 2. The average molecular weight is 372 g/mol. The number of hydrogen-bond acceptors (Lipinski definition) is 3. The molecule has 7 heteroatoms. The molecule has 0 aromatic heterocycles. The van der Waals surface area contributed by atoms with Crippen LogP contribution in [0.25, 0.3) is 0 Å². The van der Waals surface area contributed by atoms with E-state index >= 15 is 0 Å². The van der Waals surface area contributed by atoms with Crippen molar-refractivity contribution >= 4 is 41.5 Å². The van der Waals surface area contributed by atoms with Gasteiger partial charge in [0.1, 0.15) is 0 Å². The Hall–Kier alpha value is -1.30. The van der Waals surface area contributed by atoms with Crippen molar-refractivity contribution < 1.29 is 9.59 Å². The average Bonchev–Trinajstić information content (AvgIpc) is 3.14. The maximum atomic E-state index is 12.5. The number of amides is 2. The Morgan fingerprint density at radius 2 is 2.00 bits per heavy atom. The van der Waals surface area contributed by atoms with Crippen molar-refractivity contribution in [1.29, 1.82) is 0 Å². The Morgan fingerprint density at radius 1 is 1.29 bits per heavy atom. The first-order chi connectivity index (χ1) is 11.1. The van der Waals surface area contributed by atoms with E-state index in [0.717, 1.165) is 24.9 Å². The van der Waals surface area contributed by atoms with Crippen LogP contribution in [-0.4, -0.2) is 30.9 Å². The van der Waals surface area contributed by atoms with E-state index in [1.54, 1.807) is 17.0 Å². The molecular weight excluding hydrogens is 349 g/mol. The van der Waals surface area contributed by atoms with E-state index in [-0.39, 0.29) is 42.6 Å². The van der Waals surface area contributed by atoms with Crippen LogP contribution in [0, 0.1) is 11.8 Å². The van der Waals surface area contributed by atoms with Gasteiger partial charge in [0.2, 0.25) is 11.8 Å². The Balaban J connectivity index is 0.00000208. The largest absolute Gasteiger partial charge is 0.353 e. The van der Waals surface area contributed by atoms with Crippen LogP contribution in [0.1, 0.15) is 25.7 Å². The summed E-state index contributed by atoms with van der Waals surface area (Å²) in [6, 6.07) is 7.28. The summed E-state index contributed by atoms with van der Waals surface area (Å²) >= 11 is 5.88. The maximum absolute atomic E-state index is 12.5. The number of nitrogens with one attached hydrogen (secondary N) is 1. The fourth-order valence-electron chi connectivity index (χ4n) is 3.56. The molecule has 0 radical (unpaired) electrons. The van der Waals surface area contributed by atoms with E-state index in [1.807, 2.05) is 12.1 Å². The van der Waals surface area contributed by atoms with Crippen LogP contribution < -0.4 is 16.0 Å². The fraction of sp³-hybridized carbons (Fsp3) is 0.529. The van der Waals surface area contributed by atoms with E-state index in [4.69, 9.17) is 17.3 Å². The number of rotatable bonds is 4. The molecule has 24 heavy (non-hydrogen) atoms. The predicted octanol–water partition coefficient (Wildman–Crippen LogP) is 2.36. The van der Waals surface area contributed by atoms with Gasteiger partial charge < -0.3 is 16.0 Å². The van der Waals surface area contributed by atoms with Crippen LogP contribution >= 0.6 is 24.0 Å². The van der Waals surface area contributed by atoms with Crippen LogP contribution in [-0.2, 0) is 9.59 Å². The van der Waals surface area contributed by atoms with Gasteiger partial charge in [-0.05, 0) is 49.6 Å². The number of carbonyl (C=O) groups is 2. The van der Waals surface area contributed by atoms with Crippen molar-refractivity contribution in [2.45, 2.75) is 31.7 Å². The van der Waals surface area contributed by atoms with Gasteiger partial charge in [-0.25, -0.2) is 0 Å². The molecule has 5 nitrogen and oxygen atoms in total. The summed E-state index contributed by atoms with van der Waals surface area (Å²) in [5, 5.41) is 3.73. The molecule has 1 aromatic carbocycles. The predicted molar refractivity (Wildman–Crippen MR) is 97.5 cm³/mol. The molecule has 2 aliphatic rings. The minimum absolute atomic E-state index is 0. The Kier molecular flexibility index (Phi) is 6.49. The summed E-state index contributed by atoms with van der Waals surface area (Å²) < 4.78 is 0. The highest BCUT2D eigenvalue weighted by Gasteiger charge is 2.37. The summed E-state index contributed by atoms with van der Waals surface area (Å²) in [5.41, 5.74) is 6.55. The lowest BCUT2D eigenvalue weighted by Crippen LogP contribution is -2.43. The zero-order valence-corrected chi connectivity index (χ0v) is 15.0. The summed E-state index contributed by atoms with van der Waals surface area (Å²) in [7, 11) is 0. The Labute approximate surface area is 153 Å². The van der Waals surface area contributed by atoms with Gasteiger partial charge in [-0.1, -0.05) is 18.0 Å². The highest BCUT2D eigenvalue weighted by Crippen LogP contribution is 2.28. The third-order valence-corrected chi connectivity index (χ3v) is 5.18. The summed E-state index contributed by atoms with van der Waals surface area (Å²) in [6.45, 7) is 1.03. The molecule has 1 aromatic rings. The number of nitrogens with zero attached hydrogens (tertiary/aromatic N) is 1. The second kappa shape index (κ2) is 8.19. The van der Waals surface area contributed by atoms with Crippen molar-refractivity contribution in [3.05, 3.63) is 29.3 Å². The van der Waals surface area contributed by atoms with E-state index in [9.17, 15) is 9.59 Å². The molecule has 1 aliphatic carbocycles. The zero-order chi connectivity index (χ0) is 16.4. The molecule has 1 saturated carbocycles. The van der Waals surface area contributed by atoms with Gasteiger partial charge in [-0.3, -0.25) is 9.59 Å². The second-order valence-electron chi connectivity index (χ2n) is 6.42. The standard InChI is InChI=1S/C17H22ClN3O2.ClH/c18-13-4-6-14(7-5-13)21-10-12(8-16(21)22)17(23)20-15-3-1-2-11(15)9-19;/h4-7,11-12,15H,1-3,8-10,19H2,(H,20,23);1H. The molecule has 2 fully saturated rings. The number of halogens is 2. The number of benzene rings is 1. The minimum atomic E-state index is -0.294. The van der Waals surface area contributed by atoms with E-state index in [2.05, 4.69) is 5.32 Å². The molecule has 1 saturated heterocycles. The lowest BCUT2D eigenvalue weighted by Gasteiger charge is -2.22. The highest BCUT2D eigenvalue weighted by atomic mass is 35.5. The van der Waals surface area contributed by atoms with Crippen molar-refractivity contribution in [2.75, 3.05) is 18.0 Å². The van der Waals surface area contributed by atoms with Gasteiger partial charge in [0.15, 0.2) is 0 Å². The monoisotopic (exact) mass is 371 g/mol. The lowest BCUT2D eigenvalue weighted by atomic mass is 10.0. The number of anilines is 1. The number of carbonyl (C=O) groups excluding carboxylic acids is 2. The fourth-order valence-corrected chi connectivity index (χ4v) is 3.69. The topological polar surface area (TPSA) is 75.4 Å². The molecule has 2 amide bonds. The summed E-state index contributed by atoms with van der Waals surface area (Å²) in [5.74, 6) is 0.0232. The molecule has 3 rings (SSSR count). The van der Waals surface area contributed by atoms with Crippen LogP contribution in [0.4, 0.5) is 5.69 Å². The van der Waals surface area contributed by atoms with Gasteiger partial charge in [-0.15, -0.1) is 12.4 Å². The van der Waals surface area contributed by atoms with Crippen LogP contribution in [0.5, 0.6) is 0 Å². The molecule has 1 aliphatic heterocycles. The first kappa shape index (κ1) is 19.0. The van der Waals surface area contributed by atoms with Crippen LogP contribution in [0.15, 0.2) is 24.3 Å². The van der Waals surface area contributed by atoms with E-state index in [0.29, 0.717) is 24.0 Å². The Morgan fingerprint density at radius 3 is 2.67 bits per heavy atom. The quantitative estimate of drug-likeness (QED) is 0.852. The van der Waals surface area contributed by atoms with Crippen molar-refractivity contribution in [3.63, 3.8) is 0 Å². The maximum Gasteiger partial charge on any atom is 0.227 e. The van der Waals surface area contributed by atoms with Gasteiger partial charge >= 0.3 is 0 Å². The molecule has 132 valence electrons. The molecule has 1 heterocycles. The first-order valence-corrected chi connectivity index (χ1v) is 8.52. The molecule has 3 unspecified atom stereocenters. The lowest BCUT2D eigenvalue weighted by molar-refractivity contribution is -0.127. The highest BCUT2D eigenvalue weighted by molar-refractivity contribution is 6.30. The summed E-state index contributed by atoms with van der Waals surface area (Å²) in [4.78, 5) is 26.4. The van der Waals surface area contributed by atoms with Crippen LogP contribution in [0.2, 0.25) is 5.02 Å². The van der Waals surface area contributed by atoms with Gasteiger partial charge in [0.25, 0.3) is 0 Å². The number of nitrogens with two attached hydrogens (primary N) is 1. The third-order valence-electron chi connectivity index (χ3n) is 4.92. The first-order valence-electron chi connectivity index (χ1n) is 8.15. The van der Waals surface area contributed by atoms with Crippen LogP contribution in [0.3, 0.4) is 0 Å². The third kappa shape index (κ3) is 4.02. The van der Waals surface area contributed by atoms with E-state index in [1.165, 1.54) is 0 Å². The second-order valence-corrected chi connectivity index (χ2v) is 6.86. The van der Waals surface area contributed by atoms with Gasteiger partial charge in [-0.2, -0.15) is 0 Å². The molecular formula is C17H23Cl2N3O2. The van der Waals surface area contributed by atoms with Crippen molar-refractivity contribution in [3.8, 4) is 0 Å². The molecule has 0 bridgehead atoms. The van der Waals surface area contributed by atoms with Gasteiger partial charge in [0.05, 0.1) is 5.92 Å². The SMILES string of the molecule is Cl.NCC1CCCC1NC(=O)C1CC(=O)N(c2ccc(Cl)cc2)C1. The van der Waals surface area contributed by atoms with Crippen molar-refractivity contribution in [2.24, 2.45) is 17.6 Å². The molecule has 0 spiro atoms. The molecule has 3 N–H and O–H groups in total. The van der Waals surface area contributed by atoms with Gasteiger partial charge in [0, 0.05) is 29.7 Å². The summed E-state index contributed by atoms with van der Waals surface area (Å²) in [6.07, 6.45) is 3.42. The smallest absolute Gasteiger partial charge is 0.227 e. The Bertz CT molecular complexity index is 594.